The van der Waals surface area contributed by atoms with Crippen LogP contribution in [0.2, 0.25) is 0 Å². The number of nitrogens with zero attached hydrogens (tertiary/aromatic N) is 4. The first-order chi connectivity index (χ1) is 15.6. The Bertz CT molecular complexity index is 1210. The molecule has 0 saturated heterocycles. The number of anilines is 2. The number of para-hydroxylation sites is 1. The van der Waals surface area contributed by atoms with Gasteiger partial charge in [0.2, 0.25) is 5.13 Å². The van der Waals surface area contributed by atoms with E-state index >= 15 is 0 Å². The van der Waals surface area contributed by atoms with Crippen molar-refractivity contribution in [3.63, 3.8) is 0 Å². The average Bonchev–Trinajstić information content (AvgIpc) is 3.18. The summed E-state index contributed by atoms with van der Waals surface area (Å²) in [5.74, 6) is -1.00. The predicted octanol–water partition coefficient (Wildman–Crippen LogP) is 4.24. The summed E-state index contributed by atoms with van der Waals surface area (Å²) in [6.07, 6.45) is 0. The normalized spacial score (nSPS) is 11.7. The van der Waals surface area contributed by atoms with E-state index in [-0.39, 0.29) is 18.1 Å². The molecular formula is C21H24FN5O3S3. The van der Waals surface area contributed by atoms with Crippen molar-refractivity contribution < 1.29 is 17.6 Å². The van der Waals surface area contributed by atoms with Crippen molar-refractivity contribution >= 4 is 50.0 Å². The van der Waals surface area contributed by atoms with Crippen LogP contribution in [0.4, 0.5) is 15.2 Å². The average molecular weight is 510 g/mol. The zero-order valence-corrected chi connectivity index (χ0v) is 21.0. The van der Waals surface area contributed by atoms with Crippen LogP contribution in [-0.2, 0) is 16.8 Å². The number of benzene rings is 2. The van der Waals surface area contributed by atoms with Crippen LogP contribution in [0.1, 0.15) is 29.8 Å². The zero-order valence-electron chi connectivity index (χ0n) is 18.5. The molecule has 33 heavy (non-hydrogen) atoms. The van der Waals surface area contributed by atoms with Gasteiger partial charge in [-0.2, -0.15) is 12.7 Å². The van der Waals surface area contributed by atoms with E-state index in [1.54, 1.807) is 42.1 Å². The second-order valence-corrected chi connectivity index (χ2v) is 12.3. The van der Waals surface area contributed by atoms with Gasteiger partial charge < -0.3 is 0 Å². The maximum Gasteiger partial charge on any atom is 0.303 e. The molecule has 3 aromatic rings. The summed E-state index contributed by atoms with van der Waals surface area (Å²) in [7, 11) is -1.19. The number of hydrogen-bond donors (Lipinski definition) is 1. The number of halogens is 1. The van der Waals surface area contributed by atoms with Crippen molar-refractivity contribution in [3.8, 4) is 0 Å². The van der Waals surface area contributed by atoms with E-state index in [2.05, 4.69) is 15.5 Å². The van der Waals surface area contributed by atoms with Crippen LogP contribution in [0.25, 0.3) is 0 Å². The molecule has 2 aromatic carbocycles. The Morgan fingerprint density at radius 3 is 2.39 bits per heavy atom. The number of aromatic nitrogens is 2. The lowest BCUT2D eigenvalue weighted by molar-refractivity contribution is 0.102. The van der Waals surface area contributed by atoms with Gasteiger partial charge in [0.05, 0.1) is 12.2 Å². The highest BCUT2D eigenvalue weighted by Crippen LogP contribution is 2.29. The first kappa shape index (κ1) is 25.1. The molecule has 0 unspecified atom stereocenters. The molecule has 0 spiro atoms. The molecule has 0 saturated carbocycles. The first-order valence-corrected chi connectivity index (χ1v) is 13.0. The van der Waals surface area contributed by atoms with Crippen LogP contribution < -0.4 is 9.62 Å². The van der Waals surface area contributed by atoms with E-state index in [1.807, 2.05) is 13.8 Å². The molecule has 1 amide bonds. The lowest BCUT2D eigenvalue weighted by Gasteiger charge is -2.27. The maximum atomic E-state index is 14.4. The minimum atomic E-state index is -3.95. The van der Waals surface area contributed by atoms with Gasteiger partial charge in [-0.25, -0.2) is 4.39 Å². The number of rotatable bonds is 9. The SMILES string of the molecule is CC(C)Sc1nnc(NC(=O)c2ccc(CN(c3ccccc3F)S(=O)(=O)N(C)C)cc2)s1. The van der Waals surface area contributed by atoms with Crippen LogP contribution in [0.5, 0.6) is 0 Å². The summed E-state index contributed by atoms with van der Waals surface area (Å²) >= 11 is 2.86. The molecule has 12 heteroatoms. The number of carbonyl (C=O) groups excluding carboxylic acids is 1. The van der Waals surface area contributed by atoms with E-state index in [4.69, 9.17) is 0 Å². The van der Waals surface area contributed by atoms with Crippen LogP contribution in [0.15, 0.2) is 52.9 Å². The van der Waals surface area contributed by atoms with E-state index < -0.39 is 16.0 Å². The van der Waals surface area contributed by atoms with Gasteiger partial charge in [-0.15, -0.1) is 10.2 Å². The van der Waals surface area contributed by atoms with Gasteiger partial charge in [0, 0.05) is 24.9 Å². The molecule has 1 heterocycles. The number of thioether (sulfide) groups is 1. The number of hydrogen-bond acceptors (Lipinski definition) is 7. The smallest absolute Gasteiger partial charge is 0.296 e. The summed E-state index contributed by atoms with van der Waals surface area (Å²) in [4.78, 5) is 12.6. The van der Waals surface area contributed by atoms with Crippen molar-refractivity contribution in [3.05, 3.63) is 65.5 Å². The van der Waals surface area contributed by atoms with Crippen molar-refractivity contribution in [1.29, 1.82) is 0 Å². The summed E-state index contributed by atoms with van der Waals surface area (Å²) in [6.45, 7) is 3.99. The minimum Gasteiger partial charge on any atom is -0.296 e. The Kier molecular flexibility index (Phi) is 8.05. The molecule has 1 N–H and O–H groups in total. The molecule has 0 aliphatic carbocycles. The third-order valence-corrected chi connectivity index (χ3v) is 8.10. The predicted molar refractivity (Wildman–Crippen MR) is 130 cm³/mol. The molecule has 0 aliphatic rings. The largest absolute Gasteiger partial charge is 0.303 e. The molecule has 0 bridgehead atoms. The van der Waals surface area contributed by atoms with Gasteiger partial charge in [-0.3, -0.25) is 14.4 Å². The molecular weight excluding hydrogens is 485 g/mol. The van der Waals surface area contributed by atoms with Gasteiger partial charge in [0.25, 0.3) is 5.91 Å². The summed E-state index contributed by atoms with van der Waals surface area (Å²) in [6, 6.07) is 12.1. The summed E-state index contributed by atoms with van der Waals surface area (Å²) < 4.78 is 42.9. The van der Waals surface area contributed by atoms with E-state index in [0.29, 0.717) is 21.5 Å². The lowest BCUT2D eigenvalue weighted by atomic mass is 10.1. The Balaban J connectivity index is 1.77. The van der Waals surface area contributed by atoms with Crippen molar-refractivity contribution in [2.45, 2.75) is 30.0 Å². The monoisotopic (exact) mass is 509 g/mol. The van der Waals surface area contributed by atoms with Gasteiger partial charge in [-0.1, -0.05) is 61.2 Å². The van der Waals surface area contributed by atoms with Crippen molar-refractivity contribution in [2.75, 3.05) is 23.7 Å². The van der Waals surface area contributed by atoms with Crippen LogP contribution in [-0.4, -0.2) is 48.2 Å². The fourth-order valence-electron chi connectivity index (χ4n) is 2.75. The fraction of sp³-hybridized carbons (Fsp3) is 0.286. The molecule has 0 aliphatic heterocycles. The molecule has 0 fully saturated rings. The second-order valence-electron chi connectivity index (χ2n) is 7.44. The molecule has 1 aromatic heterocycles. The highest BCUT2D eigenvalue weighted by molar-refractivity contribution is 8.01. The topological polar surface area (TPSA) is 95.5 Å². The van der Waals surface area contributed by atoms with E-state index in [1.165, 1.54) is 43.6 Å². The van der Waals surface area contributed by atoms with Crippen LogP contribution in [0, 0.1) is 5.82 Å². The zero-order chi connectivity index (χ0) is 24.2. The standard InChI is InChI=1S/C21H24FN5O3S3/c1-14(2)31-21-25-24-20(32-21)23-19(28)16-11-9-15(10-12-16)13-27(33(29,30)26(3)4)18-8-6-5-7-17(18)22/h5-12,14H,13H2,1-4H3,(H,23,24,28). The Morgan fingerprint density at radius 1 is 1.12 bits per heavy atom. The maximum absolute atomic E-state index is 14.4. The highest BCUT2D eigenvalue weighted by Gasteiger charge is 2.27. The first-order valence-electron chi connectivity index (χ1n) is 9.93. The number of nitrogens with one attached hydrogen (secondary N) is 1. The third-order valence-electron chi connectivity index (χ3n) is 4.37. The Hall–Kier alpha value is -2.54. The minimum absolute atomic E-state index is 0.0561. The molecule has 176 valence electrons. The van der Waals surface area contributed by atoms with Crippen LogP contribution >= 0.6 is 23.1 Å². The highest BCUT2D eigenvalue weighted by atomic mass is 32.2. The Labute approximate surface area is 201 Å². The lowest BCUT2D eigenvalue weighted by Crippen LogP contribution is -2.40. The summed E-state index contributed by atoms with van der Waals surface area (Å²) in [5, 5.41) is 11.5. The van der Waals surface area contributed by atoms with E-state index in [9.17, 15) is 17.6 Å². The van der Waals surface area contributed by atoms with Crippen molar-refractivity contribution in [1.82, 2.24) is 14.5 Å². The van der Waals surface area contributed by atoms with Crippen molar-refractivity contribution in [2.24, 2.45) is 0 Å². The van der Waals surface area contributed by atoms with E-state index in [0.717, 1.165) is 13.0 Å². The van der Waals surface area contributed by atoms with Crippen LogP contribution in [0.3, 0.4) is 0 Å². The summed E-state index contributed by atoms with van der Waals surface area (Å²) in [5.41, 5.74) is 0.908. The molecule has 3 rings (SSSR count). The van der Waals surface area contributed by atoms with Gasteiger partial charge in [-0.05, 0) is 29.8 Å². The van der Waals surface area contributed by atoms with Gasteiger partial charge in [0.1, 0.15) is 5.82 Å². The van der Waals surface area contributed by atoms with Gasteiger partial charge in [0.15, 0.2) is 4.34 Å². The molecule has 8 nitrogen and oxygen atoms in total. The van der Waals surface area contributed by atoms with Gasteiger partial charge >= 0.3 is 10.2 Å². The third kappa shape index (κ3) is 6.28. The number of carbonyl (C=O) groups is 1. The molecule has 0 radical (unpaired) electrons. The second kappa shape index (κ2) is 10.6. The fourth-order valence-corrected chi connectivity index (χ4v) is 5.82. The Morgan fingerprint density at radius 2 is 1.79 bits per heavy atom. The molecule has 0 atom stereocenters. The quantitative estimate of drug-likeness (QED) is 0.342. The number of amides is 1.